The first kappa shape index (κ1) is 10.7. The standard InChI is InChI=1S/C13H15NO3/c15-12-13(16,9-5-7-17-8-6-9)10-3-1-2-4-11(10)14-12/h1-4,9,16H,5-8H2,(H,14,15). The van der Waals surface area contributed by atoms with E-state index in [-0.39, 0.29) is 11.8 Å². The number of carbonyl (C=O) groups is 1. The highest BCUT2D eigenvalue weighted by Gasteiger charge is 2.50. The summed E-state index contributed by atoms with van der Waals surface area (Å²) in [5.41, 5.74) is 0.0591. The van der Waals surface area contributed by atoms with Crippen LogP contribution >= 0.6 is 0 Å². The SMILES string of the molecule is O=C1Nc2ccccc2C1(O)C1CCOCC1. The van der Waals surface area contributed by atoms with Crippen molar-refractivity contribution in [2.24, 2.45) is 5.92 Å². The summed E-state index contributed by atoms with van der Waals surface area (Å²) < 4.78 is 5.28. The average Bonchev–Trinajstić information content (AvgIpc) is 2.64. The molecule has 1 fully saturated rings. The fraction of sp³-hybridized carbons (Fsp3) is 0.462. The Kier molecular flexibility index (Phi) is 2.42. The maximum Gasteiger partial charge on any atom is 0.261 e. The molecule has 2 N–H and O–H groups in total. The molecule has 0 spiro atoms. The lowest BCUT2D eigenvalue weighted by Gasteiger charge is -2.33. The molecule has 2 heterocycles. The van der Waals surface area contributed by atoms with E-state index in [0.717, 1.165) is 18.5 Å². The van der Waals surface area contributed by atoms with Gasteiger partial charge in [-0.15, -0.1) is 0 Å². The van der Waals surface area contributed by atoms with Gasteiger partial charge in [0.05, 0.1) is 0 Å². The van der Waals surface area contributed by atoms with E-state index in [0.29, 0.717) is 18.8 Å². The van der Waals surface area contributed by atoms with Gasteiger partial charge in [0, 0.05) is 30.4 Å². The predicted octanol–water partition coefficient (Wildman–Crippen LogP) is 1.25. The Morgan fingerprint density at radius 2 is 2.00 bits per heavy atom. The van der Waals surface area contributed by atoms with Crippen molar-refractivity contribution in [3.63, 3.8) is 0 Å². The number of amides is 1. The van der Waals surface area contributed by atoms with Crippen LogP contribution in [0.25, 0.3) is 0 Å². The molecule has 1 saturated heterocycles. The molecule has 0 saturated carbocycles. The number of ether oxygens (including phenoxy) is 1. The second kappa shape index (κ2) is 3.82. The third kappa shape index (κ3) is 1.48. The lowest BCUT2D eigenvalue weighted by molar-refractivity contribution is -0.144. The number of para-hydroxylation sites is 1. The van der Waals surface area contributed by atoms with Gasteiger partial charge >= 0.3 is 0 Å². The average molecular weight is 233 g/mol. The molecule has 1 unspecified atom stereocenters. The van der Waals surface area contributed by atoms with E-state index in [2.05, 4.69) is 5.32 Å². The van der Waals surface area contributed by atoms with Crippen molar-refractivity contribution >= 4 is 11.6 Å². The van der Waals surface area contributed by atoms with Crippen LogP contribution in [0.4, 0.5) is 5.69 Å². The Labute approximate surface area is 99.6 Å². The Morgan fingerprint density at radius 1 is 1.29 bits per heavy atom. The van der Waals surface area contributed by atoms with E-state index >= 15 is 0 Å². The van der Waals surface area contributed by atoms with Gasteiger partial charge in [0.25, 0.3) is 5.91 Å². The fourth-order valence-corrected chi connectivity index (χ4v) is 2.79. The molecule has 2 aliphatic heterocycles. The molecule has 17 heavy (non-hydrogen) atoms. The topological polar surface area (TPSA) is 58.6 Å². The summed E-state index contributed by atoms with van der Waals surface area (Å²) in [7, 11) is 0. The summed E-state index contributed by atoms with van der Waals surface area (Å²) >= 11 is 0. The van der Waals surface area contributed by atoms with Crippen molar-refractivity contribution in [2.45, 2.75) is 18.4 Å². The number of aliphatic hydroxyl groups is 1. The molecule has 1 aromatic rings. The first-order valence-corrected chi connectivity index (χ1v) is 5.94. The second-order valence-electron chi connectivity index (χ2n) is 4.65. The Hall–Kier alpha value is -1.39. The maximum atomic E-state index is 12.1. The van der Waals surface area contributed by atoms with Crippen LogP contribution in [0.15, 0.2) is 24.3 Å². The summed E-state index contributed by atoms with van der Waals surface area (Å²) in [6.45, 7) is 1.23. The second-order valence-corrected chi connectivity index (χ2v) is 4.65. The molecule has 4 nitrogen and oxygen atoms in total. The highest BCUT2D eigenvalue weighted by Crippen LogP contribution is 2.44. The zero-order valence-corrected chi connectivity index (χ0v) is 9.48. The zero-order chi connectivity index (χ0) is 11.9. The molecule has 0 bridgehead atoms. The Balaban J connectivity index is 2.03. The van der Waals surface area contributed by atoms with Crippen LogP contribution in [0.1, 0.15) is 18.4 Å². The van der Waals surface area contributed by atoms with Gasteiger partial charge in [0.1, 0.15) is 0 Å². The first-order valence-electron chi connectivity index (χ1n) is 5.94. The Morgan fingerprint density at radius 3 is 2.76 bits per heavy atom. The van der Waals surface area contributed by atoms with E-state index in [1.54, 1.807) is 0 Å². The van der Waals surface area contributed by atoms with Crippen molar-refractivity contribution in [1.82, 2.24) is 0 Å². The molecular formula is C13H15NO3. The summed E-state index contributed by atoms with van der Waals surface area (Å²) in [4.78, 5) is 12.1. The molecule has 0 radical (unpaired) electrons. The quantitative estimate of drug-likeness (QED) is 0.767. The number of nitrogens with one attached hydrogen (secondary N) is 1. The lowest BCUT2D eigenvalue weighted by Crippen LogP contribution is -2.44. The fourth-order valence-electron chi connectivity index (χ4n) is 2.79. The molecular weight excluding hydrogens is 218 g/mol. The van der Waals surface area contributed by atoms with E-state index in [1.807, 2.05) is 24.3 Å². The highest BCUT2D eigenvalue weighted by atomic mass is 16.5. The van der Waals surface area contributed by atoms with Gasteiger partial charge < -0.3 is 15.2 Å². The van der Waals surface area contributed by atoms with E-state index in [4.69, 9.17) is 4.74 Å². The van der Waals surface area contributed by atoms with Crippen LogP contribution in [0.5, 0.6) is 0 Å². The van der Waals surface area contributed by atoms with Gasteiger partial charge in [-0.3, -0.25) is 4.79 Å². The summed E-state index contributed by atoms with van der Waals surface area (Å²) in [5, 5.41) is 13.5. The molecule has 90 valence electrons. The number of benzene rings is 1. The van der Waals surface area contributed by atoms with Crippen molar-refractivity contribution in [3.05, 3.63) is 29.8 Å². The summed E-state index contributed by atoms with van der Waals surface area (Å²) in [5.74, 6) is -0.356. The number of hydrogen-bond acceptors (Lipinski definition) is 3. The number of hydrogen-bond donors (Lipinski definition) is 2. The Bertz CT molecular complexity index is 454. The number of anilines is 1. The monoisotopic (exact) mass is 233 g/mol. The number of fused-ring (bicyclic) bond motifs is 1. The van der Waals surface area contributed by atoms with Crippen LogP contribution < -0.4 is 5.32 Å². The van der Waals surface area contributed by atoms with E-state index in [1.165, 1.54) is 0 Å². The van der Waals surface area contributed by atoms with Crippen molar-refractivity contribution in [1.29, 1.82) is 0 Å². The van der Waals surface area contributed by atoms with Crippen LogP contribution in [0.3, 0.4) is 0 Å². The molecule has 1 aromatic carbocycles. The van der Waals surface area contributed by atoms with Crippen molar-refractivity contribution in [2.75, 3.05) is 18.5 Å². The van der Waals surface area contributed by atoms with Gasteiger partial charge in [-0.1, -0.05) is 18.2 Å². The summed E-state index contributed by atoms with van der Waals surface area (Å²) in [6.07, 6.45) is 1.44. The largest absolute Gasteiger partial charge is 0.381 e. The van der Waals surface area contributed by atoms with Crippen LogP contribution in [0.2, 0.25) is 0 Å². The van der Waals surface area contributed by atoms with Crippen LogP contribution in [-0.4, -0.2) is 24.2 Å². The molecule has 3 rings (SSSR count). The number of carbonyl (C=O) groups excluding carboxylic acids is 1. The number of rotatable bonds is 1. The maximum absolute atomic E-state index is 12.1. The normalized spacial score (nSPS) is 28.9. The first-order chi connectivity index (χ1) is 8.23. The molecule has 1 atom stereocenters. The van der Waals surface area contributed by atoms with Gasteiger partial charge in [0.15, 0.2) is 5.60 Å². The molecule has 0 aromatic heterocycles. The molecule has 1 amide bonds. The molecule has 4 heteroatoms. The minimum Gasteiger partial charge on any atom is -0.381 e. The van der Waals surface area contributed by atoms with Gasteiger partial charge in [-0.25, -0.2) is 0 Å². The predicted molar refractivity (Wildman–Crippen MR) is 62.5 cm³/mol. The van der Waals surface area contributed by atoms with Gasteiger partial charge in [0.2, 0.25) is 0 Å². The minimum absolute atomic E-state index is 0.0556. The van der Waals surface area contributed by atoms with Crippen molar-refractivity contribution in [3.8, 4) is 0 Å². The van der Waals surface area contributed by atoms with Gasteiger partial charge in [-0.05, 0) is 18.9 Å². The smallest absolute Gasteiger partial charge is 0.261 e. The molecule has 2 aliphatic rings. The molecule has 0 aliphatic carbocycles. The van der Waals surface area contributed by atoms with E-state index in [9.17, 15) is 9.90 Å². The zero-order valence-electron chi connectivity index (χ0n) is 9.48. The van der Waals surface area contributed by atoms with Crippen molar-refractivity contribution < 1.29 is 14.6 Å². The van der Waals surface area contributed by atoms with Gasteiger partial charge in [-0.2, -0.15) is 0 Å². The third-order valence-electron chi connectivity index (χ3n) is 3.74. The highest BCUT2D eigenvalue weighted by molar-refractivity contribution is 6.05. The minimum atomic E-state index is -1.37. The summed E-state index contributed by atoms with van der Waals surface area (Å²) in [6, 6.07) is 7.35. The van der Waals surface area contributed by atoms with E-state index < -0.39 is 5.60 Å². The lowest BCUT2D eigenvalue weighted by atomic mass is 9.78. The third-order valence-corrected chi connectivity index (χ3v) is 3.74. The van der Waals surface area contributed by atoms with Crippen LogP contribution in [0, 0.1) is 5.92 Å². The van der Waals surface area contributed by atoms with Crippen LogP contribution in [-0.2, 0) is 15.1 Å².